The van der Waals surface area contributed by atoms with Gasteiger partial charge in [-0.3, -0.25) is 9.59 Å². The van der Waals surface area contributed by atoms with Crippen LogP contribution in [0.1, 0.15) is 72.2 Å². The fourth-order valence-corrected chi connectivity index (χ4v) is 7.09. The van der Waals surface area contributed by atoms with Gasteiger partial charge in [0.1, 0.15) is 48.4 Å². The van der Waals surface area contributed by atoms with E-state index < -0.39 is 0 Å². The highest BCUT2D eigenvalue weighted by Crippen LogP contribution is 2.32. The zero-order chi connectivity index (χ0) is 43.3. The molecule has 312 valence electrons. The number of amides is 2. The molecule has 0 saturated heterocycles. The summed E-state index contributed by atoms with van der Waals surface area (Å²) in [7, 11) is 0. The summed E-state index contributed by atoms with van der Waals surface area (Å²) in [6.07, 6.45) is 1.47. The molecule has 4 atom stereocenters. The maximum absolute atomic E-state index is 11.3. The number of hydrogen-bond acceptors (Lipinski definition) is 6. The molecule has 8 nitrogen and oxygen atoms in total. The molecule has 0 fully saturated rings. The van der Waals surface area contributed by atoms with Crippen LogP contribution >= 0.6 is 0 Å². The molecule has 2 aliphatic heterocycles. The number of fused-ring (bicyclic) bond motifs is 2. The first-order chi connectivity index (χ1) is 30.1. The van der Waals surface area contributed by atoms with E-state index in [1.807, 2.05) is 147 Å². The van der Waals surface area contributed by atoms with Crippen LogP contribution in [0.3, 0.4) is 0 Å². The van der Waals surface area contributed by atoms with E-state index in [9.17, 15) is 9.59 Å². The third-order valence-electron chi connectivity index (χ3n) is 10.4. The Morgan fingerprint density at radius 2 is 0.887 bits per heavy atom. The van der Waals surface area contributed by atoms with E-state index >= 15 is 0 Å². The van der Waals surface area contributed by atoms with Crippen LogP contribution in [0.15, 0.2) is 146 Å². The third kappa shape index (κ3) is 12.3. The van der Waals surface area contributed by atoms with Crippen molar-refractivity contribution in [3.05, 3.63) is 190 Å². The number of ether oxygens (including phenoxy) is 4. The lowest BCUT2D eigenvalue weighted by molar-refractivity contribution is -0.121. The fourth-order valence-electron chi connectivity index (χ4n) is 7.09. The largest absolute Gasteiger partial charge is 0.489 e. The molecule has 0 aliphatic carbocycles. The zero-order valence-corrected chi connectivity index (χ0v) is 35.4. The molecular formula is C54H50N2O6. The van der Waals surface area contributed by atoms with Crippen molar-refractivity contribution in [1.82, 2.24) is 10.6 Å². The predicted molar refractivity (Wildman–Crippen MR) is 242 cm³/mol. The van der Waals surface area contributed by atoms with Crippen LogP contribution in [0.25, 0.3) is 0 Å². The Morgan fingerprint density at radius 1 is 0.532 bits per heavy atom. The van der Waals surface area contributed by atoms with E-state index in [4.69, 9.17) is 18.9 Å². The second-order valence-corrected chi connectivity index (χ2v) is 15.4. The molecule has 6 aromatic rings. The summed E-state index contributed by atoms with van der Waals surface area (Å²) in [5, 5.41) is 5.80. The minimum atomic E-state index is -0.0504. The Labute approximate surface area is 364 Å². The first kappa shape index (κ1) is 42.7. The van der Waals surface area contributed by atoms with E-state index in [0.717, 1.165) is 80.3 Å². The van der Waals surface area contributed by atoms with Crippen molar-refractivity contribution >= 4 is 11.8 Å². The van der Waals surface area contributed by atoms with Gasteiger partial charge in [0.05, 0.1) is 12.1 Å². The molecule has 8 heteroatoms. The average molecular weight is 823 g/mol. The van der Waals surface area contributed by atoms with Gasteiger partial charge in [-0.05, 0) is 109 Å². The van der Waals surface area contributed by atoms with E-state index in [1.54, 1.807) is 0 Å². The molecule has 0 saturated carbocycles. The molecule has 0 radical (unpaired) electrons. The second kappa shape index (κ2) is 20.7. The monoisotopic (exact) mass is 822 g/mol. The molecule has 0 bridgehead atoms. The van der Waals surface area contributed by atoms with Crippen molar-refractivity contribution in [3.8, 4) is 46.7 Å². The average Bonchev–Trinajstić information content (AvgIpc) is 3.92. The minimum absolute atomic E-state index is 0.0398. The summed E-state index contributed by atoms with van der Waals surface area (Å²) >= 11 is 0. The Balaban J connectivity index is 0.000000186. The van der Waals surface area contributed by atoms with Gasteiger partial charge >= 0.3 is 0 Å². The van der Waals surface area contributed by atoms with Crippen molar-refractivity contribution in [2.75, 3.05) is 0 Å². The van der Waals surface area contributed by atoms with Gasteiger partial charge in [0, 0.05) is 48.9 Å². The van der Waals surface area contributed by atoms with E-state index in [-0.39, 0.29) is 36.1 Å². The van der Waals surface area contributed by atoms with Crippen LogP contribution in [-0.2, 0) is 35.6 Å². The predicted octanol–water partition coefficient (Wildman–Crippen LogP) is 8.99. The van der Waals surface area contributed by atoms with Gasteiger partial charge < -0.3 is 29.6 Å². The topological polar surface area (TPSA) is 95.1 Å². The summed E-state index contributed by atoms with van der Waals surface area (Å²) in [6, 6.07) is 47.8. The normalized spacial score (nSPS) is 15.1. The van der Waals surface area contributed by atoms with Gasteiger partial charge in [0.2, 0.25) is 11.8 Å². The van der Waals surface area contributed by atoms with Crippen LogP contribution < -0.4 is 29.6 Å². The Kier molecular flexibility index (Phi) is 14.3. The number of nitrogens with one attached hydrogen (secondary N) is 2. The van der Waals surface area contributed by atoms with Gasteiger partial charge in [0.15, 0.2) is 0 Å². The van der Waals surface area contributed by atoms with Crippen LogP contribution in [0.4, 0.5) is 0 Å². The van der Waals surface area contributed by atoms with Gasteiger partial charge in [-0.15, -0.1) is 0 Å². The number of carbonyl (C=O) groups is 2. The molecule has 2 amide bonds. The molecule has 0 unspecified atom stereocenters. The highest BCUT2D eigenvalue weighted by molar-refractivity contribution is 5.73. The molecule has 2 aliphatic rings. The van der Waals surface area contributed by atoms with Gasteiger partial charge in [-0.1, -0.05) is 96.5 Å². The van der Waals surface area contributed by atoms with Crippen molar-refractivity contribution in [2.24, 2.45) is 0 Å². The van der Waals surface area contributed by atoms with Crippen LogP contribution in [0, 0.1) is 23.7 Å². The van der Waals surface area contributed by atoms with Gasteiger partial charge in [0.25, 0.3) is 0 Å². The summed E-state index contributed by atoms with van der Waals surface area (Å²) in [6.45, 7) is 8.06. The van der Waals surface area contributed by atoms with Crippen molar-refractivity contribution in [1.29, 1.82) is 0 Å². The van der Waals surface area contributed by atoms with Crippen LogP contribution in [-0.4, -0.2) is 36.1 Å². The molecule has 62 heavy (non-hydrogen) atoms. The van der Waals surface area contributed by atoms with E-state index in [1.165, 1.54) is 13.8 Å². The zero-order valence-electron chi connectivity index (χ0n) is 35.4. The summed E-state index contributed by atoms with van der Waals surface area (Å²) < 4.78 is 23.7. The first-order valence-corrected chi connectivity index (χ1v) is 20.8. The summed E-state index contributed by atoms with van der Waals surface area (Å²) in [5.74, 6) is 16.0. The maximum atomic E-state index is 11.3. The lowest BCUT2D eigenvalue weighted by Crippen LogP contribution is -2.42. The van der Waals surface area contributed by atoms with E-state index in [2.05, 4.69) is 46.4 Å². The number of rotatable bonds is 10. The third-order valence-corrected chi connectivity index (χ3v) is 10.4. The summed E-state index contributed by atoms with van der Waals surface area (Å²) in [4.78, 5) is 22.6. The molecule has 0 spiro atoms. The standard InChI is InChI=1S/2C27H25NO3/c2*1-19(28-20(2)29)26-17-24-13-10-22(16-27(24)31-26)9-8-21-11-14-25(15-12-21)30-18-23-6-4-3-5-7-23/h2*3-7,10-16,19,26H,17-18H2,1-2H3,(H,28,29)/t2*19-,26-/m10/s1. The maximum Gasteiger partial charge on any atom is 0.217 e. The highest BCUT2D eigenvalue weighted by Gasteiger charge is 2.29. The van der Waals surface area contributed by atoms with Gasteiger partial charge in [-0.2, -0.15) is 0 Å². The molecule has 2 N–H and O–H groups in total. The molecule has 2 heterocycles. The number of hydrogen-bond donors (Lipinski definition) is 2. The lowest BCUT2D eigenvalue weighted by atomic mass is 10.0. The van der Waals surface area contributed by atoms with Gasteiger partial charge in [-0.25, -0.2) is 0 Å². The first-order valence-electron chi connectivity index (χ1n) is 20.8. The number of carbonyl (C=O) groups excluding carboxylic acids is 2. The number of benzene rings is 6. The smallest absolute Gasteiger partial charge is 0.217 e. The van der Waals surface area contributed by atoms with Crippen molar-refractivity contribution in [3.63, 3.8) is 0 Å². The molecule has 8 rings (SSSR count). The quantitative estimate of drug-likeness (QED) is 0.134. The highest BCUT2D eigenvalue weighted by atomic mass is 16.5. The van der Waals surface area contributed by atoms with Crippen molar-refractivity contribution < 1.29 is 28.5 Å². The fraction of sp³-hybridized carbons (Fsp3) is 0.222. The second-order valence-electron chi connectivity index (χ2n) is 15.4. The molecular weight excluding hydrogens is 773 g/mol. The molecule has 0 aromatic heterocycles. The van der Waals surface area contributed by atoms with Crippen LogP contribution in [0.2, 0.25) is 0 Å². The Hall–Kier alpha value is -7.42. The minimum Gasteiger partial charge on any atom is -0.489 e. The van der Waals surface area contributed by atoms with E-state index in [0.29, 0.717) is 13.2 Å². The van der Waals surface area contributed by atoms with Crippen LogP contribution in [0.5, 0.6) is 23.0 Å². The lowest BCUT2D eigenvalue weighted by Gasteiger charge is -2.19. The molecule has 6 aromatic carbocycles. The Morgan fingerprint density at radius 3 is 1.26 bits per heavy atom. The SMILES string of the molecule is CC(=O)N[C@@H](C)[C@@H]1Cc2ccc(C#Cc3ccc(OCc4ccccc4)cc3)cc2O1.CC(=O)N[C@H](C)[C@H]1Cc2ccc(C#Cc3ccc(OCc4ccccc4)cc3)cc2O1. The summed E-state index contributed by atoms with van der Waals surface area (Å²) in [5.41, 5.74) is 8.21. The van der Waals surface area contributed by atoms with Crippen molar-refractivity contribution in [2.45, 2.75) is 78.0 Å². The Bertz CT molecular complexity index is 2400.